The first kappa shape index (κ1) is 19.9. The molecule has 0 aliphatic heterocycles. The Hall–Kier alpha value is -1.11. The lowest BCUT2D eigenvalue weighted by molar-refractivity contribution is -0.120. The summed E-state index contributed by atoms with van der Waals surface area (Å²) in [7, 11) is 0. The predicted octanol–water partition coefficient (Wildman–Crippen LogP) is 6.70. The topological polar surface area (TPSA) is 17.1 Å². The second-order valence-corrected chi connectivity index (χ2v) is 6.86. The van der Waals surface area contributed by atoms with E-state index < -0.39 is 0 Å². The number of benzene rings is 1. The molecule has 1 aromatic rings. The van der Waals surface area contributed by atoms with Crippen molar-refractivity contribution in [1.29, 1.82) is 0 Å². The average molecular weight is 317 g/mol. The van der Waals surface area contributed by atoms with Crippen LogP contribution in [0.2, 0.25) is 0 Å². The molecule has 0 spiro atoms. The highest BCUT2D eigenvalue weighted by atomic mass is 16.1. The van der Waals surface area contributed by atoms with Gasteiger partial charge in [0.15, 0.2) is 0 Å². The first-order valence-corrected chi connectivity index (χ1v) is 9.77. The van der Waals surface area contributed by atoms with E-state index in [-0.39, 0.29) is 5.92 Å². The summed E-state index contributed by atoms with van der Waals surface area (Å²) in [5.41, 5.74) is 2.59. The first-order valence-electron chi connectivity index (χ1n) is 9.77. The van der Waals surface area contributed by atoms with E-state index in [1.54, 1.807) is 0 Å². The maximum absolute atomic E-state index is 12.6. The predicted molar refractivity (Wildman–Crippen MR) is 101 cm³/mol. The largest absolute Gasteiger partial charge is 0.299 e. The van der Waals surface area contributed by atoms with E-state index in [1.807, 2.05) is 6.92 Å². The number of unbranched alkanes of at least 4 members (excludes halogenated alkanes) is 2. The van der Waals surface area contributed by atoms with Gasteiger partial charge in [-0.1, -0.05) is 90.5 Å². The van der Waals surface area contributed by atoms with E-state index in [9.17, 15) is 4.79 Å². The molecule has 0 heterocycles. The van der Waals surface area contributed by atoms with Crippen LogP contribution < -0.4 is 0 Å². The molecule has 23 heavy (non-hydrogen) atoms. The average Bonchev–Trinajstić information content (AvgIpc) is 2.60. The third-order valence-corrected chi connectivity index (χ3v) is 5.00. The number of hydrogen-bond donors (Lipinski definition) is 0. The molecule has 0 radical (unpaired) electrons. The van der Waals surface area contributed by atoms with Crippen molar-refractivity contribution in [2.45, 2.75) is 91.4 Å². The van der Waals surface area contributed by atoms with Crippen molar-refractivity contribution in [3.05, 3.63) is 35.4 Å². The van der Waals surface area contributed by atoms with E-state index in [0.29, 0.717) is 18.1 Å². The standard InChI is InChI=1S/C22H36O/c1-5-9-12-19(13-10-6-2)17-21(22(23)8-4)20-15-11-14-18(7-3)16-20/h11,14-16,19,21H,5-10,12-13,17H2,1-4H3. The SMILES string of the molecule is CCCCC(CCCC)CC(C(=O)CC)c1cccc(CC)c1. The number of Topliss-reactive ketones (excluding diaryl/α,β-unsaturated/α-hetero) is 1. The van der Waals surface area contributed by atoms with E-state index in [0.717, 1.165) is 12.8 Å². The molecule has 1 heteroatoms. The fourth-order valence-corrected chi connectivity index (χ4v) is 3.43. The molecule has 0 bridgehead atoms. The Bertz CT molecular complexity index is 441. The molecule has 1 atom stereocenters. The van der Waals surface area contributed by atoms with Crippen LogP contribution in [0.1, 0.15) is 96.1 Å². The Kier molecular flexibility index (Phi) is 9.91. The fraction of sp³-hybridized carbons (Fsp3) is 0.682. The molecular weight excluding hydrogens is 280 g/mol. The molecule has 0 aliphatic rings. The number of hydrogen-bond acceptors (Lipinski definition) is 1. The molecule has 1 nitrogen and oxygen atoms in total. The van der Waals surface area contributed by atoms with Gasteiger partial charge in [0.25, 0.3) is 0 Å². The molecule has 0 saturated heterocycles. The van der Waals surface area contributed by atoms with E-state index in [1.165, 1.54) is 49.7 Å². The highest BCUT2D eigenvalue weighted by Crippen LogP contribution is 2.31. The Morgan fingerprint density at radius 2 is 1.65 bits per heavy atom. The molecule has 0 fully saturated rings. The van der Waals surface area contributed by atoms with Crippen molar-refractivity contribution < 1.29 is 4.79 Å². The van der Waals surface area contributed by atoms with Crippen LogP contribution in [-0.4, -0.2) is 5.78 Å². The van der Waals surface area contributed by atoms with Gasteiger partial charge in [-0.2, -0.15) is 0 Å². The molecule has 0 aliphatic carbocycles. The molecule has 1 aromatic carbocycles. The van der Waals surface area contributed by atoms with Gasteiger partial charge in [-0.25, -0.2) is 0 Å². The second kappa shape index (κ2) is 11.4. The van der Waals surface area contributed by atoms with Crippen molar-refractivity contribution in [2.75, 3.05) is 0 Å². The van der Waals surface area contributed by atoms with E-state index in [4.69, 9.17) is 0 Å². The second-order valence-electron chi connectivity index (χ2n) is 6.86. The summed E-state index contributed by atoms with van der Waals surface area (Å²) >= 11 is 0. The van der Waals surface area contributed by atoms with Crippen molar-refractivity contribution in [3.63, 3.8) is 0 Å². The van der Waals surface area contributed by atoms with Crippen molar-refractivity contribution in [3.8, 4) is 0 Å². The normalized spacial score (nSPS) is 12.6. The zero-order valence-corrected chi connectivity index (χ0v) is 15.7. The lowest BCUT2D eigenvalue weighted by atomic mass is 9.80. The Balaban J connectivity index is 2.91. The first-order chi connectivity index (χ1) is 11.2. The van der Waals surface area contributed by atoms with Crippen LogP contribution in [0.25, 0.3) is 0 Å². The molecule has 0 N–H and O–H groups in total. The minimum absolute atomic E-state index is 0.102. The Morgan fingerprint density at radius 1 is 1.00 bits per heavy atom. The lowest BCUT2D eigenvalue weighted by Gasteiger charge is -2.23. The molecule has 0 saturated carbocycles. The molecular formula is C22H36O. The van der Waals surface area contributed by atoms with Crippen LogP contribution >= 0.6 is 0 Å². The highest BCUT2D eigenvalue weighted by molar-refractivity contribution is 5.85. The number of aryl methyl sites for hydroxylation is 1. The quantitative estimate of drug-likeness (QED) is 0.419. The van der Waals surface area contributed by atoms with Crippen LogP contribution in [0.4, 0.5) is 0 Å². The lowest BCUT2D eigenvalue weighted by Crippen LogP contribution is -2.17. The van der Waals surface area contributed by atoms with Gasteiger partial charge in [-0.15, -0.1) is 0 Å². The third kappa shape index (κ3) is 6.89. The minimum atomic E-state index is 0.102. The van der Waals surface area contributed by atoms with Crippen molar-refractivity contribution in [1.82, 2.24) is 0 Å². The number of carbonyl (C=O) groups excluding carboxylic acids is 1. The van der Waals surface area contributed by atoms with Gasteiger partial charge in [-0.3, -0.25) is 4.79 Å². The summed E-state index contributed by atoms with van der Waals surface area (Å²) in [5.74, 6) is 1.21. The van der Waals surface area contributed by atoms with Crippen LogP contribution in [0.15, 0.2) is 24.3 Å². The van der Waals surface area contributed by atoms with Gasteiger partial charge >= 0.3 is 0 Å². The van der Waals surface area contributed by atoms with E-state index in [2.05, 4.69) is 45.0 Å². The number of rotatable bonds is 12. The summed E-state index contributed by atoms with van der Waals surface area (Å²) in [6, 6.07) is 8.71. The monoisotopic (exact) mass is 316 g/mol. The van der Waals surface area contributed by atoms with Crippen LogP contribution in [0.5, 0.6) is 0 Å². The van der Waals surface area contributed by atoms with Gasteiger partial charge in [0.1, 0.15) is 5.78 Å². The minimum Gasteiger partial charge on any atom is -0.299 e. The van der Waals surface area contributed by atoms with Gasteiger partial charge in [0.2, 0.25) is 0 Å². The molecule has 130 valence electrons. The fourth-order valence-electron chi connectivity index (χ4n) is 3.43. The molecule has 0 amide bonds. The highest BCUT2D eigenvalue weighted by Gasteiger charge is 2.23. The zero-order valence-electron chi connectivity index (χ0n) is 15.7. The summed E-state index contributed by atoms with van der Waals surface area (Å²) in [5, 5.41) is 0. The number of carbonyl (C=O) groups is 1. The van der Waals surface area contributed by atoms with Crippen LogP contribution in [0, 0.1) is 5.92 Å². The summed E-state index contributed by atoms with van der Waals surface area (Å²) < 4.78 is 0. The van der Waals surface area contributed by atoms with E-state index >= 15 is 0 Å². The third-order valence-electron chi connectivity index (χ3n) is 5.00. The van der Waals surface area contributed by atoms with Crippen LogP contribution in [0.3, 0.4) is 0 Å². The zero-order chi connectivity index (χ0) is 17.1. The Labute approximate surface area is 143 Å². The van der Waals surface area contributed by atoms with Crippen LogP contribution in [-0.2, 0) is 11.2 Å². The molecule has 1 unspecified atom stereocenters. The molecule has 0 aromatic heterocycles. The molecule has 1 rings (SSSR count). The van der Waals surface area contributed by atoms with Gasteiger partial charge in [-0.05, 0) is 29.9 Å². The van der Waals surface area contributed by atoms with Gasteiger partial charge in [0, 0.05) is 12.3 Å². The van der Waals surface area contributed by atoms with Crippen molar-refractivity contribution in [2.24, 2.45) is 5.92 Å². The summed E-state index contributed by atoms with van der Waals surface area (Å²) in [6.07, 6.45) is 10.4. The smallest absolute Gasteiger partial charge is 0.140 e. The maximum atomic E-state index is 12.6. The maximum Gasteiger partial charge on any atom is 0.140 e. The summed E-state index contributed by atoms with van der Waals surface area (Å²) in [6.45, 7) is 8.71. The van der Waals surface area contributed by atoms with Gasteiger partial charge < -0.3 is 0 Å². The summed E-state index contributed by atoms with van der Waals surface area (Å²) in [4.78, 5) is 12.6. The Morgan fingerprint density at radius 3 is 2.17 bits per heavy atom. The number of ketones is 1. The van der Waals surface area contributed by atoms with Gasteiger partial charge in [0.05, 0.1) is 0 Å². The van der Waals surface area contributed by atoms with Crippen molar-refractivity contribution >= 4 is 5.78 Å².